The Kier molecular flexibility index (Phi) is 8.67. The molecule has 0 bridgehead atoms. The third-order valence-corrected chi connectivity index (χ3v) is 4.10. The summed E-state index contributed by atoms with van der Waals surface area (Å²) < 4.78 is 10.2. The molecule has 0 spiro atoms. The molecule has 6 heteroatoms. The molecule has 0 aliphatic carbocycles. The number of aromatic hydroxyl groups is 2. The monoisotopic (exact) mass is 352 g/mol. The van der Waals surface area contributed by atoms with Crippen LogP contribution in [0.2, 0.25) is 0 Å². The number of allylic oxidation sites excluding steroid dienone is 1. The van der Waals surface area contributed by atoms with Crippen LogP contribution in [0.3, 0.4) is 0 Å². The Labute approximate surface area is 148 Å². The molecule has 0 saturated carbocycles. The van der Waals surface area contributed by atoms with Gasteiger partial charge in [0.2, 0.25) is 11.5 Å². The van der Waals surface area contributed by atoms with Crippen LogP contribution in [-0.2, 0) is 4.79 Å². The smallest absolute Gasteiger partial charge is 0.303 e. The number of hydrogen-bond donors (Lipinski definition) is 3. The second-order valence-electron chi connectivity index (χ2n) is 5.90. The first kappa shape index (κ1) is 20.7. The van der Waals surface area contributed by atoms with E-state index in [1.165, 1.54) is 14.2 Å². The number of phenols is 2. The minimum absolute atomic E-state index is 0.0461. The van der Waals surface area contributed by atoms with Crippen LogP contribution >= 0.6 is 0 Å². The maximum Gasteiger partial charge on any atom is 0.303 e. The van der Waals surface area contributed by atoms with Crippen molar-refractivity contribution < 1.29 is 29.6 Å². The zero-order valence-corrected chi connectivity index (χ0v) is 15.2. The molecule has 140 valence electrons. The van der Waals surface area contributed by atoms with E-state index in [2.05, 4.69) is 0 Å². The van der Waals surface area contributed by atoms with E-state index in [1.807, 2.05) is 6.08 Å². The molecule has 1 rings (SSSR count). The van der Waals surface area contributed by atoms with Crippen LogP contribution in [0.15, 0.2) is 6.08 Å². The van der Waals surface area contributed by atoms with Gasteiger partial charge in [-0.25, -0.2) is 0 Å². The summed E-state index contributed by atoms with van der Waals surface area (Å²) in [4.78, 5) is 10.4. The van der Waals surface area contributed by atoms with Gasteiger partial charge >= 0.3 is 5.97 Å². The van der Waals surface area contributed by atoms with Crippen molar-refractivity contribution in [2.45, 2.75) is 51.9 Å². The van der Waals surface area contributed by atoms with Crippen molar-refractivity contribution in [1.29, 1.82) is 0 Å². The van der Waals surface area contributed by atoms with Crippen molar-refractivity contribution in [2.24, 2.45) is 0 Å². The summed E-state index contributed by atoms with van der Waals surface area (Å²) in [6, 6.07) is 0. The fourth-order valence-electron chi connectivity index (χ4n) is 2.67. The quantitative estimate of drug-likeness (QED) is 0.407. The van der Waals surface area contributed by atoms with Crippen molar-refractivity contribution in [2.75, 3.05) is 14.2 Å². The lowest BCUT2D eigenvalue weighted by atomic mass is 10.0. The molecule has 1 aromatic rings. The molecule has 0 atom stereocenters. The Bertz CT molecular complexity index is 607. The zero-order chi connectivity index (χ0) is 18.8. The van der Waals surface area contributed by atoms with Crippen LogP contribution in [-0.4, -0.2) is 35.5 Å². The first-order valence-corrected chi connectivity index (χ1v) is 8.48. The number of ether oxygens (including phenoxy) is 2. The highest BCUT2D eigenvalue weighted by molar-refractivity contribution is 5.74. The summed E-state index contributed by atoms with van der Waals surface area (Å²) in [5.74, 6) is -0.606. The molecule has 0 saturated heterocycles. The van der Waals surface area contributed by atoms with Gasteiger partial charge in [0.05, 0.1) is 14.2 Å². The molecule has 3 N–H and O–H groups in total. The summed E-state index contributed by atoms with van der Waals surface area (Å²) in [6.07, 6.45) is 9.50. The summed E-state index contributed by atoms with van der Waals surface area (Å²) >= 11 is 0. The normalized spacial score (nSPS) is 11.0. The molecular weight excluding hydrogens is 324 g/mol. The number of rotatable bonds is 11. The third kappa shape index (κ3) is 5.89. The molecule has 0 aromatic heterocycles. The van der Waals surface area contributed by atoms with E-state index >= 15 is 0 Å². The van der Waals surface area contributed by atoms with Crippen LogP contribution in [0, 0.1) is 6.92 Å². The van der Waals surface area contributed by atoms with Gasteiger partial charge in [-0.2, -0.15) is 0 Å². The summed E-state index contributed by atoms with van der Waals surface area (Å²) in [5.41, 5.74) is 1.04. The molecule has 1 aromatic carbocycles. The lowest BCUT2D eigenvalue weighted by Gasteiger charge is -2.16. The predicted molar refractivity (Wildman–Crippen MR) is 96.6 cm³/mol. The van der Waals surface area contributed by atoms with Crippen LogP contribution in [0.4, 0.5) is 0 Å². The Hall–Kier alpha value is -2.37. The highest BCUT2D eigenvalue weighted by Crippen LogP contribution is 2.48. The topological polar surface area (TPSA) is 96.2 Å². The molecular formula is C19H28O6. The van der Waals surface area contributed by atoms with Crippen LogP contribution in [0.1, 0.15) is 56.1 Å². The Morgan fingerprint density at radius 2 is 1.52 bits per heavy atom. The van der Waals surface area contributed by atoms with Gasteiger partial charge in [0, 0.05) is 17.5 Å². The van der Waals surface area contributed by atoms with Crippen molar-refractivity contribution in [1.82, 2.24) is 0 Å². The minimum atomic E-state index is -0.740. The maximum atomic E-state index is 10.4. The Morgan fingerprint density at radius 1 is 0.960 bits per heavy atom. The summed E-state index contributed by atoms with van der Waals surface area (Å²) in [6.45, 7) is 1.71. The lowest BCUT2D eigenvalue weighted by Crippen LogP contribution is -1.96. The van der Waals surface area contributed by atoms with Crippen LogP contribution in [0.25, 0.3) is 6.08 Å². The van der Waals surface area contributed by atoms with E-state index < -0.39 is 5.97 Å². The zero-order valence-electron chi connectivity index (χ0n) is 15.2. The van der Waals surface area contributed by atoms with Gasteiger partial charge in [-0.3, -0.25) is 4.79 Å². The van der Waals surface area contributed by atoms with Gasteiger partial charge < -0.3 is 24.8 Å². The second-order valence-corrected chi connectivity index (χ2v) is 5.90. The summed E-state index contributed by atoms with van der Waals surface area (Å²) in [7, 11) is 2.81. The standard InChI is InChI=1S/C19H28O6/c1-13-14(17(23)19(25-3)18(24-2)16(13)22)11-9-7-5-4-6-8-10-12-15(20)21/h9,11,22-23H,4-8,10,12H2,1-3H3,(H,20,21)/b11-9+. The van der Waals surface area contributed by atoms with Crippen molar-refractivity contribution in [3.05, 3.63) is 17.2 Å². The molecule has 6 nitrogen and oxygen atoms in total. The number of methoxy groups -OCH3 is 2. The predicted octanol–water partition coefficient (Wildman–Crippen LogP) is 4.25. The van der Waals surface area contributed by atoms with Gasteiger partial charge in [0.1, 0.15) is 0 Å². The highest BCUT2D eigenvalue weighted by atomic mass is 16.5. The van der Waals surface area contributed by atoms with Crippen molar-refractivity contribution >= 4 is 12.0 Å². The Morgan fingerprint density at radius 3 is 2.12 bits per heavy atom. The lowest BCUT2D eigenvalue weighted by molar-refractivity contribution is -0.137. The van der Waals surface area contributed by atoms with Crippen LogP contribution in [0.5, 0.6) is 23.0 Å². The number of benzene rings is 1. The average Bonchev–Trinajstić information content (AvgIpc) is 2.58. The van der Waals surface area contributed by atoms with Gasteiger partial charge in [-0.1, -0.05) is 31.4 Å². The van der Waals surface area contributed by atoms with Gasteiger partial charge in [0.25, 0.3) is 0 Å². The number of unbranched alkanes of at least 4 members (excludes halogenated alkanes) is 5. The second kappa shape index (κ2) is 10.5. The van der Waals surface area contributed by atoms with E-state index in [-0.39, 0.29) is 29.4 Å². The fraction of sp³-hybridized carbons (Fsp3) is 0.526. The molecule has 25 heavy (non-hydrogen) atoms. The number of aliphatic carboxylic acids is 1. The number of carbonyl (C=O) groups is 1. The first-order valence-electron chi connectivity index (χ1n) is 8.48. The third-order valence-electron chi connectivity index (χ3n) is 4.10. The van der Waals surface area contributed by atoms with Crippen molar-refractivity contribution in [3.8, 4) is 23.0 Å². The number of phenolic OH excluding ortho intramolecular Hbond substituents is 2. The maximum absolute atomic E-state index is 10.4. The van der Waals surface area contributed by atoms with Gasteiger partial charge in [-0.15, -0.1) is 0 Å². The minimum Gasteiger partial charge on any atom is -0.504 e. The van der Waals surface area contributed by atoms with E-state index in [1.54, 1.807) is 13.0 Å². The summed E-state index contributed by atoms with van der Waals surface area (Å²) in [5, 5.41) is 29.1. The van der Waals surface area contributed by atoms with E-state index in [4.69, 9.17) is 14.6 Å². The van der Waals surface area contributed by atoms with Gasteiger partial charge in [0.15, 0.2) is 11.5 Å². The van der Waals surface area contributed by atoms with Crippen molar-refractivity contribution in [3.63, 3.8) is 0 Å². The molecule has 0 amide bonds. The first-order chi connectivity index (χ1) is 11.9. The van der Waals surface area contributed by atoms with E-state index in [0.29, 0.717) is 11.1 Å². The highest BCUT2D eigenvalue weighted by Gasteiger charge is 2.21. The average molecular weight is 352 g/mol. The number of carboxylic acids is 1. The molecule has 0 aliphatic heterocycles. The largest absolute Gasteiger partial charge is 0.504 e. The van der Waals surface area contributed by atoms with Crippen LogP contribution < -0.4 is 9.47 Å². The Balaban J connectivity index is 2.58. The van der Waals surface area contributed by atoms with E-state index in [0.717, 1.165) is 38.5 Å². The fourth-order valence-corrected chi connectivity index (χ4v) is 2.67. The molecule has 0 radical (unpaired) electrons. The molecule has 0 heterocycles. The molecule has 0 unspecified atom stereocenters. The molecule has 0 fully saturated rings. The van der Waals surface area contributed by atoms with Gasteiger partial charge in [-0.05, 0) is 26.2 Å². The van der Waals surface area contributed by atoms with E-state index in [9.17, 15) is 15.0 Å². The number of hydrogen-bond acceptors (Lipinski definition) is 5. The number of carboxylic acid groups (broad SMARTS) is 1. The molecule has 0 aliphatic rings. The SMILES string of the molecule is COc1c(O)c(C)c(/C=C/CCCCCCCC(=O)O)c(O)c1OC.